The fourth-order valence-electron chi connectivity index (χ4n) is 2.41. The van der Waals surface area contributed by atoms with Gasteiger partial charge in [-0.15, -0.1) is 5.10 Å². The number of nitrogens with two attached hydrogens (primary N) is 2. The van der Waals surface area contributed by atoms with Crippen molar-refractivity contribution in [3.8, 4) is 16.8 Å². The van der Waals surface area contributed by atoms with E-state index in [2.05, 4.69) is 10.1 Å². The van der Waals surface area contributed by atoms with Crippen LogP contribution in [-0.4, -0.2) is 14.8 Å². The first kappa shape index (κ1) is 16.7. The third kappa shape index (κ3) is 3.10. The van der Waals surface area contributed by atoms with Crippen LogP contribution in [0, 0.1) is 11.6 Å². The van der Waals surface area contributed by atoms with Gasteiger partial charge in [0, 0.05) is 11.6 Å². The molecule has 0 atom stereocenters. The maximum atomic E-state index is 14.5. The molecule has 3 rings (SSSR count). The molecule has 5 nitrogen and oxygen atoms in total. The summed E-state index contributed by atoms with van der Waals surface area (Å²) in [6.45, 7) is 0. The van der Waals surface area contributed by atoms with Crippen LogP contribution in [0.1, 0.15) is 5.56 Å². The number of hydrogen-bond acceptors (Lipinski definition) is 4. The lowest BCUT2D eigenvalue weighted by molar-refractivity contribution is -0.137. The first-order valence-corrected chi connectivity index (χ1v) is 6.82. The SMILES string of the molecule is Nc1nc(N)n(-c2cc(F)c(-c3cccc(F)c3)c(C(F)(F)F)c2)n1. The van der Waals surface area contributed by atoms with Gasteiger partial charge in [0.2, 0.25) is 11.9 Å². The van der Waals surface area contributed by atoms with Crippen molar-refractivity contribution < 1.29 is 22.0 Å². The smallest absolute Gasteiger partial charge is 0.368 e. The highest BCUT2D eigenvalue weighted by Gasteiger charge is 2.36. The number of rotatable bonds is 2. The van der Waals surface area contributed by atoms with Gasteiger partial charge in [-0.05, 0) is 23.8 Å². The van der Waals surface area contributed by atoms with Crippen LogP contribution < -0.4 is 11.5 Å². The Kier molecular flexibility index (Phi) is 3.82. The van der Waals surface area contributed by atoms with E-state index < -0.39 is 28.9 Å². The van der Waals surface area contributed by atoms with E-state index in [0.717, 1.165) is 22.9 Å². The standard InChI is InChI=1S/C15H10F5N5/c16-8-3-1-2-7(4-8)12-10(15(18,19)20)5-9(6-11(12)17)25-14(22)23-13(21)24-25/h1-6H,(H4,21,22,23,24). The molecule has 1 heterocycles. The van der Waals surface area contributed by atoms with Crippen molar-refractivity contribution >= 4 is 11.9 Å². The number of benzene rings is 2. The van der Waals surface area contributed by atoms with Crippen molar-refractivity contribution in [2.75, 3.05) is 11.5 Å². The van der Waals surface area contributed by atoms with Crippen molar-refractivity contribution in [3.63, 3.8) is 0 Å². The predicted octanol–water partition coefficient (Wildman–Crippen LogP) is 3.40. The molecule has 2 aromatic carbocycles. The molecule has 10 heteroatoms. The van der Waals surface area contributed by atoms with E-state index in [1.54, 1.807) is 0 Å². The Morgan fingerprint density at radius 3 is 2.28 bits per heavy atom. The zero-order valence-corrected chi connectivity index (χ0v) is 12.4. The molecule has 0 amide bonds. The largest absolute Gasteiger partial charge is 0.417 e. The number of nitrogens with zero attached hydrogens (tertiary/aromatic N) is 3. The number of aromatic nitrogens is 3. The Morgan fingerprint density at radius 1 is 1.00 bits per heavy atom. The van der Waals surface area contributed by atoms with Gasteiger partial charge in [-0.3, -0.25) is 0 Å². The Labute approximate surface area is 137 Å². The minimum Gasteiger partial charge on any atom is -0.368 e. The molecule has 130 valence electrons. The van der Waals surface area contributed by atoms with Gasteiger partial charge in [0.1, 0.15) is 11.6 Å². The van der Waals surface area contributed by atoms with E-state index in [1.165, 1.54) is 12.1 Å². The molecule has 0 bridgehead atoms. The quantitative estimate of drug-likeness (QED) is 0.690. The average molecular weight is 355 g/mol. The van der Waals surface area contributed by atoms with Gasteiger partial charge in [0.05, 0.1) is 11.3 Å². The molecule has 0 aliphatic rings. The molecular formula is C15H10F5N5. The van der Waals surface area contributed by atoms with Gasteiger partial charge in [-0.1, -0.05) is 12.1 Å². The zero-order chi connectivity index (χ0) is 18.4. The molecule has 3 aromatic rings. The van der Waals surface area contributed by atoms with E-state index in [0.29, 0.717) is 6.07 Å². The van der Waals surface area contributed by atoms with Crippen LogP contribution in [0.4, 0.5) is 33.8 Å². The fourth-order valence-corrected chi connectivity index (χ4v) is 2.41. The third-order valence-electron chi connectivity index (χ3n) is 3.39. The Morgan fingerprint density at radius 2 is 1.72 bits per heavy atom. The van der Waals surface area contributed by atoms with Gasteiger partial charge in [0.15, 0.2) is 0 Å². The molecular weight excluding hydrogens is 345 g/mol. The summed E-state index contributed by atoms with van der Waals surface area (Å²) < 4.78 is 69.0. The molecule has 0 saturated heterocycles. The third-order valence-corrected chi connectivity index (χ3v) is 3.39. The Hall–Kier alpha value is -3.17. The van der Waals surface area contributed by atoms with Crippen LogP contribution in [0.2, 0.25) is 0 Å². The highest BCUT2D eigenvalue weighted by molar-refractivity contribution is 5.70. The maximum absolute atomic E-state index is 14.5. The first-order chi connectivity index (χ1) is 11.7. The van der Waals surface area contributed by atoms with Crippen LogP contribution in [0.25, 0.3) is 16.8 Å². The lowest BCUT2D eigenvalue weighted by Gasteiger charge is -2.16. The molecule has 0 saturated carbocycles. The van der Waals surface area contributed by atoms with Gasteiger partial charge >= 0.3 is 6.18 Å². The summed E-state index contributed by atoms with van der Waals surface area (Å²) in [6.07, 6.45) is -4.90. The van der Waals surface area contributed by atoms with E-state index in [-0.39, 0.29) is 23.1 Å². The minimum atomic E-state index is -4.90. The molecule has 0 radical (unpaired) electrons. The van der Waals surface area contributed by atoms with Crippen LogP contribution in [0.5, 0.6) is 0 Å². The summed E-state index contributed by atoms with van der Waals surface area (Å²) >= 11 is 0. The fraction of sp³-hybridized carbons (Fsp3) is 0.0667. The summed E-state index contributed by atoms with van der Waals surface area (Å²) in [4.78, 5) is 3.56. The second-order valence-corrected chi connectivity index (χ2v) is 5.10. The van der Waals surface area contributed by atoms with Crippen LogP contribution in [-0.2, 0) is 6.18 Å². The van der Waals surface area contributed by atoms with Crippen molar-refractivity contribution in [3.05, 3.63) is 53.6 Å². The lowest BCUT2D eigenvalue weighted by atomic mass is 9.97. The molecule has 0 aliphatic heterocycles. The Balaban J connectivity index is 2.29. The summed E-state index contributed by atoms with van der Waals surface area (Å²) in [5.41, 5.74) is 8.20. The van der Waals surface area contributed by atoms with Crippen LogP contribution in [0.15, 0.2) is 36.4 Å². The molecule has 0 spiro atoms. The van der Waals surface area contributed by atoms with Gasteiger partial charge in [-0.2, -0.15) is 22.8 Å². The average Bonchev–Trinajstić information content (AvgIpc) is 2.84. The summed E-state index contributed by atoms with van der Waals surface area (Å²) in [5, 5.41) is 3.63. The second kappa shape index (κ2) is 5.72. The van der Waals surface area contributed by atoms with Crippen molar-refractivity contribution in [1.82, 2.24) is 14.8 Å². The number of halogens is 5. The normalized spacial score (nSPS) is 11.7. The Bertz CT molecular complexity index is 948. The number of alkyl halides is 3. The number of hydrogen-bond donors (Lipinski definition) is 2. The molecule has 1 aromatic heterocycles. The number of anilines is 2. The zero-order valence-electron chi connectivity index (χ0n) is 12.4. The number of nitrogen functional groups attached to an aromatic ring is 2. The molecule has 0 unspecified atom stereocenters. The highest BCUT2D eigenvalue weighted by Crippen LogP contribution is 2.40. The predicted molar refractivity (Wildman–Crippen MR) is 80.5 cm³/mol. The summed E-state index contributed by atoms with van der Waals surface area (Å²) in [6, 6.07) is 5.66. The van der Waals surface area contributed by atoms with Crippen molar-refractivity contribution in [2.24, 2.45) is 0 Å². The molecule has 4 N–H and O–H groups in total. The molecule has 0 aliphatic carbocycles. The van der Waals surface area contributed by atoms with E-state index in [1.807, 2.05) is 0 Å². The minimum absolute atomic E-state index is 0.248. The maximum Gasteiger partial charge on any atom is 0.417 e. The van der Waals surface area contributed by atoms with Crippen molar-refractivity contribution in [1.29, 1.82) is 0 Å². The second-order valence-electron chi connectivity index (χ2n) is 5.10. The van der Waals surface area contributed by atoms with E-state index in [9.17, 15) is 22.0 Å². The van der Waals surface area contributed by atoms with Gasteiger partial charge in [0.25, 0.3) is 0 Å². The van der Waals surface area contributed by atoms with Gasteiger partial charge in [-0.25, -0.2) is 8.78 Å². The summed E-state index contributed by atoms with van der Waals surface area (Å²) in [7, 11) is 0. The monoisotopic (exact) mass is 355 g/mol. The first-order valence-electron chi connectivity index (χ1n) is 6.82. The van der Waals surface area contributed by atoms with Gasteiger partial charge < -0.3 is 11.5 Å². The molecule has 0 fully saturated rings. The van der Waals surface area contributed by atoms with E-state index in [4.69, 9.17) is 11.5 Å². The van der Waals surface area contributed by atoms with Crippen molar-refractivity contribution in [2.45, 2.75) is 6.18 Å². The van der Waals surface area contributed by atoms with Crippen LogP contribution >= 0.6 is 0 Å². The topological polar surface area (TPSA) is 82.7 Å². The summed E-state index contributed by atoms with van der Waals surface area (Å²) in [5.74, 6) is -2.59. The van der Waals surface area contributed by atoms with Crippen LogP contribution in [0.3, 0.4) is 0 Å². The lowest BCUT2D eigenvalue weighted by Crippen LogP contribution is -2.12. The van der Waals surface area contributed by atoms with E-state index >= 15 is 0 Å². The highest BCUT2D eigenvalue weighted by atomic mass is 19.4. The molecule has 25 heavy (non-hydrogen) atoms.